The minimum Gasteiger partial charge on any atom is -0.507 e. The van der Waals surface area contributed by atoms with Crippen LogP contribution in [0.4, 0.5) is 5.69 Å². The van der Waals surface area contributed by atoms with Crippen molar-refractivity contribution in [3.8, 4) is 5.75 Å². The van der Waals surface area contributed by atoms with Gasteiger partial charge >= 0.3 is 0 Å². The van der Waals surface area contributed by atoms with Gasteiger partial charge in [0.1, 0.15) is 5.75 Å². The van der Waals surface area contributed by atoms with E-state index in [1.54, 1.807) is 6.07 Å². The quantitative estimate of drug-likeness (QED) is 0.842. The molecule has 0 fully saturated rings. The maximum atomic E-state index is 12.6. The first-order valence-corrected chi connectivity index (χ1v) is 8.12. The summed E-state index contributed by atoms with van der Waals surface area (Å²) >= 11 is 5.77. The zero-order valence-electron chi connectivity index (χ0n) is 12.9. The van der Waals surface area contributed by atoms with Crippen molar-refractivity contribution in [1.82, 2.24) is 0 Å². The van der Waals surface area contributed by atoms with E-state index >= 15 is 0 Å². The van der Waals surface area contributed by atoms with Gasteiger partial charge in [-0.05, 0) is 55.8 Å². The van der Waals surface area contributed by atoms with Crippen molar-refractivity contribution in [3.05, 3.63) is 35.9 Å². The maximum absolute atomic E-state index is 12.6. The maximum Gasteiger partial charge on any atom is 0.228 e. The van der Waals surface area contributed by atoms with Crippen molar-refractivity contribution in [2.45, 2.75) is 38.6 Å². The molecule has 116 valence electrons. The Balaban J connectivity index is 2.21. The van der Waals surface area contributed by atoms with Crippen LogP contribution >= 0.6 is 11.6 Å². The number of carbonyl (C=O) groups is 1. The Morgan fingerprint density at radius 1 is 1.27 bits per heavy atom. The van der Waals surface area contributed by atoms with Crippen LogP contribution in [0.5, 0.6) is 5.75 Å². The Morgan fingerprint density at radius 2 is 2.05 bits per heavy atom. The molecule has 4 heteroatoms. The van der Waals surface area contributed by atoms with Crippen LogP contribution in [0.3, 0.4) is 0 Å². The van der Waals surface area contributed by atoms with Gasteiger partial charge in [0.05, 0.1) is 0 Å². The predicted molar refractivity (Wildman–Crippen MR) is 90.8 cm³/mol. The van der Waals surface area contributed by atoms with Crippen molar-refractivity contribution < 1.29 is 9.90 Å². The summed E-state index contributed by atoms with van der Waals surface area (Å²) in [6.45, 7) is 4.18. The number of hydrogen-bond donors (Lipinski definition) is 1. The highest BCUT2D eigenvalue weighted by molar-refractivity contribution is 6.19. The smallest absolute Gasteiger partial charge is 0.228 e. The number of fused-ring (bicyclic) bond motifs is 3. The van der Waals surface area contributed by atoms with Crippen LogP contribution in [0.1, 0.15) is 32.3 Å². The molecule has 0 saturated heterocycles. The molecule has 2 aromatic carbocycles. The summed E-state index contributed by atoms with van der Waals surface area (Å²) < 4.78 is 0. The van der Waals surface area contributed by atoms with Gasteiger partial charge in [-0.1, -0.05) is 12.1 Å². The van der Waals surface area contributed by atoms with Crippen LogP contribution in [0.15, 0.2) is 30.3 Å². The summed E-state index contributed by atoms with van der Waals surface area (Å²) in [6, 6.07) is 9.40. The van der Waals surface area contributed by atoms with E-state index < -0.39 is 0 Å². The number of phenolic OH excluding ortho intramolecular Hbond substituents is 1. The molecule has 0 atom stereocenters. The minimum atomic E-state index is -0.222. The molecule has 0 spiro atoms. The van der Waals surface area contributed by atoms with Crippen LogP contribution in [-0.4, -0.2) is 22.4 Å². The number of nitrogens with zero attached hydrogens (tertiary/aromatic N) is 1. The van der Waals surface area contributed by atoms with Gasteiger partial charge in [-0.25, -0.2) is 0 Å². The third-order valence-electron chi connectivity index (χ3n) is 4.52. The number of anilines is 1. The molecule has 0 unspecified atom stereocenters. The first-order valence-electron chi connectivity index (χ1n) is 7.58. The minimum absolute atomic E-state index is 0.0560. The molecule has 0 aliphatic carbocycles. The standard InChI is InChI=1S/C18H20ClNO2/c1-18(2)10-8-13-12-4-3-5-16(21)14(12)6-7-15(13)20(18)17(22)9-11-19/h3-7,21H,8-11H2,1-2H3. The van der Waals surface area contributed by atoms with Gasteiger partial charge in [0.15, 0.2) is 0 Å². The second-order valence-electron chi connectivity index (χ2n) is 6.42. The van der Waals surface area contributed by atoms with E-state index in [1.807, 2.05) is 29.2 Å². The number of phenols is 1. The summed E-state index contributed by atoms with van der Waals surface area (Å²) in [4.78, 5) is 14.5. The van der Waals surface area contributed by atoms with Gasteiger partial charge in [0.2, 0.25) is 5.91 Å². The van der Waals surface area contributed by atoms with Gasteiger partial charge < -0.3 is 10.0 Å². The number of alkyl halides is 1. The fraction of sp³-hybridized carbons (Fsp3) is 0.389. The van der Waals surface area contributed by atoms with Gasteiger partial charge in [0.25, 0.3) is 0 Å². The van der Waals surface area contributed by atoms with Crippen molar-refractivity contribution in [2.24, 2.45) is 0 Å². The molecule has 0 bridgehead atoms. The molecular weight excluding hydrogens is 298 g/mol. The highest BCUT2D eigenvalue weighted by Gasteiger charge is 2.37. The molecule has 1 aliphatic heterocycles. The Kier molecular flexibility index (Phi) is 3.77. The first kappa shape index (κ1) is 15.2. The van der Waals surface area contributed by atoms with Gasteiger partial charge in [-0.3, -0.25) is 4.79 Å². The highest BCUT2D eigenvalue weighted by atomic mass is 35.5. The molecule has 3 nitrogen and oxygen atoms in total. The number of aromatic hydroxyl groups is 1. The van der Waals surface area contributed by atoms with E-state index in [2.05, 4.69) is 13.8 Å². The van der Waals surface area contributed by atoms with Crippen LogP contribution < -0.4 is 4.90 Å². The average molecular weight is 318 g/mol. The summed E-state index contributed by atoms with van der Waals surface area (Å²) in [6.07, 6.45) is 2.12. The molecule has 0 aromatic heterocycles. The number of hydrogen-bond acceptors (Lipinski definition) is 2. The van der Waals surface area contributed by atoms with Crippen LogP contribution in [-0.2, 0) is 11.2 Å². The van der Waals surface area contributed by atoms with E-state index in [-0.39, 0.29) is 17.2 Å². The number of halogens is 1. The van der Waals surface area contributed by atoms with Gasteiger partial charge in [0, 0.05) is 28.9 Å². The molecule has 2 aromatic rings. The summed E-state index contributed by atoms with van der Waals surface area (Å²) in [5, 5.41) is 11.9. The summed E-state index contributed by atoms with van der Waals surface area (Å²) in [5.41, 5.74) is 1.86. The van der Waals surface area contributed by atoms with Crippen molar-refractivity contribution in [1.29, 1.82) is 0 Å². The molecule has 0 radical (unpaired) electrons. The number of amides is 1. The molecule has 1 N–H and O–H groups in total. The van der Waals surface area contributed by atoms with Crippen molar-refractivity contribution >= 4 is 34.0 Å². The predicted octanol–water partition coefficient (Wildman–Crippen LogP) is 4.23. The molecule has 1 heterocycles. The third kappa shape index (κ3) is 2.34. The molecule has 1 aliphatic rings. The Labute approximate surface area is 135 Å². The van der Waals surface area contributed by atoms with Crippen molar-refractivity contribution in [3.63, 3.8) is 0 Å². The van der Waals surface area contributed by atoms with Crippen LogP contribution in [0.25, 0.3) is 10.8 Å². The lowest BCUT2D eigenvalue weighted by atomic mass is 9.84. The molecule has 0 saturated carbocycles. The lowest BCUT2D eigenvalue weighted by Crippen LogP contribution is -2.51. The van der Waals surface area contributed by atoms with Gasteiger partial charge in [-0.2, -0.15) is 0 Å². The van der Waals surface area contributed by atoms with E-state index in [1.165, 1.54) is 0 Å². The monoisotopic (exact) mass is 317 g/mol. The summed E-state index contributed by atoms with van der Waals surface area (Å²) in [5.74, 6) is 0.666. The molecule has 1 amide bonds. The fourth-order valence-corrected chi connectivity index (χ4v) is 3.56. The zero-order chi connectivity index (χ0) is 15.9. The Hall–Kier alpha value is -1.74. The van der Waals surface area contributed by atoms with Crippen molar-refractivity contribution in [2.75, 3.05) is 10.8 Å². The van der Waals surface area contributed by atoms with Crippen LogP contribution in [0, 0.1) is 0 Å². The second kappa shape index (κ2) is 5.47. The SMILES string of the molecule is CC1(C)CCc2c(ccc3c(O)cccc23)N1C(=O)CCCl. The van der Waals surface area contributed by atoms with E-state index in [0.717, 1.165) is 34.9 Å². The number of aryl methyl sites for hydroxylation is 1. The first-order chi connectivity index (χ1) is 10.5. The normalized spacial score (nSPS) is 16.6. The average Bonchev–Trinajstić information content (AvgIpc) is 2.46. The number of carbonyl (C=O) groups excluding carboxylic acids is 1. The number of rotatable bonds is 2. The van der Waals surface area contributed by atoms with E-state index in [0.29, 0.717) is 12.3 Å². The van der Waals surface area contributed by atoms with E-state index in [4.69, 9.17) is 11.6 Å². The Bertz CT molecular complexity index is 739. The summed E-state index contributed by atoms with van der Waals surface area (Å²) in [7, 11) is 0. The van der Waals surface area contributed by atoms with Gasteiger partial charge in [-0.15, -0.1) is 11.6 Å². The van der Waals surface area contributed by atoms with E-state index in [9.17, 15) is 9.90 Å². The topological polar surface area (TPSA) is 40.5 Å². The lowest BCUT2D eigenvalue weighted by Gasteiger charge is -2.44. The largest absolute Gasteiger partial charge is 0.507 e. The molecule has 22 heavy (non-hydrogen) atoms. The molecule has 3 rings (SSSR count). The lowest BCUT2D eigenvalue weighted by molar-refractivity contribution is -0.119. The number of benzene rings is 2. The second-order valence-corrected chi connectivity index (χ2v) is 6.79. The fourth-order valence-electron chi connectivity index (χ4n) is 3.40. The van der Waals surface area contributed by atoms with Crippen LogP contribution in [0.2, 0.25) is 0 Å². The Morgan fingerprint density at radius 3 is 2.77 bits per heavy atom. The third-order valence-corrected chi connectivity index (χ3v) is 4.71. The highest BCUT2D eigenvalue weighted by Crippen LogP contribution is 2.42. The molecular formula is C18H20ClNO2. The zero-order valence-corrected chi connectivity index (χ0v) is 13.7.